The van der Waals surface area contributed by atoms with Gasteiger partial charge in [0.15, 0.2) is 11.5 Å². The minimum Gasteiger partial charge on any atom is -0.508 e. The molecule has 1 amide bonds. The van der Waals surface area contributed by atoms with Crippen LogP contribution in [-0.2, 0) is 18.0 Å². The van der Waals surface area contributed by atoms with Gasteiger partial charge in [0.1, 0.15) is 17.4 Å². The fraction of sp³-hybridized carbons (Fsp3) is 0.333. The monoisotopic (exact) mass is 482 g/mol. The van der Waals surface area contributed by atoms with Crippen LogP contribution in [-0.4, -0.2) is 50.5 Å². The summed E-state index contributed by atoms with van der Waals surface area (Å²) in [6.45, 7) is 2.11. The van der Waals surface area contributed by atoms with E-state index in [2.05, 4.69) is 25.6 Å². The number of aryl methyl sites for hydroxylation is 1. The molecule has 0 unspecified atom stereocenters. The molecule has 2 aromatic heterocycles. The molecule has 182 valence electrons. The van der Waals surface area contributed by atoms with Gasteiger partial charge in [-0.05, 0) is 18.1 Å². The van der Waals surface area contributed by atoms with E-state index in [1.54, 1.807) is 6.92 Å². The third-order valence-electron chi connectivity index (χ3n) is 4.65. The zero-order valence-electron chi connectivity index (χ0n) is 18.4. The van der Waals surface area contributed by atoms with E-state index in [9.17, 15) is 27.5 Å². The van der Waals surface area contributed by atoms with Crippen molar-refractivity contribution in [2.75, 3.05) is 13.7 Å². The topological polar surface area (TPSA) is 117 Å². The number of aromatic amines is 1. The van der Waals surface area contributed by atoms with Crippen LogP contribution < -0.4 is 5.32 Å². The number of aromatic hydroxyl groups is 1. The highest BCUT2D eigenvalue weighted by molar-refractivity contribution is 6.07. The molecular weight excluding hydrogens is 460 g/mol. The highest BCUT2D eigenvalue weighted by Crippen LogP contribution is 2.31. The van der Waals surface area contributed by atoms with Crippen molar-refractivity contribution in [1.29, 1.82) is 0 Å². The molecule has 3 N–H and O–H groups in total. The Kier molecular flexibility index (Phi) is 7.35. The highest BCUT2D eigenvalue weighted by atomic mass is 19.4. The molecule has 9 nitrogen and oxygen atoms in total. The molecule has 0 aliphatic rings. The van der Waals surface area contributed by atoms with Gasteiger partial charge in [-0.25, -0.2) is 9.38 Å². The number of aromatic nitrogens is 4. The smallest absolute Gasteiger partial charge is 0.435 e. The molecule has 1 atom stereocenters. The number of hydrogen-bond acceptors (Lipinski definition) is 6. The lowest BCUT2D eigenvalue weighted by Crippen LogP contribution is -2.33. The number of hydrogen-bond donors (Lipinski definition) is 3. The Morgan fingerprint density at radius 3 is 2.74 bits per heavy atom. The Labute approximate surface area is 191 Å². The van der Waals surface area contributed by atoms with Gasteiger partial charge in [0.2, 0.25) is 0 Å². The number of amidine groups is 1. The number of benzene rings is 1. The average Bonchev–Trinajstić information content (AvgIpc) is 3.34. The molecule has 1 aromatic carbocycles. The van der Waals surface area contributed by atoms with E-state index in [1.807, 2.05) is 0 Å². The van der Waals surface area contributed by atoms with Crippen LogP contribution in [0.15, 0.2) is 35.5 Å². The van der Waals surface area contributed by atoms with E-state index in [0.717, 1.165) is 16.9 Å². The number of alkyl halides is 3. The lowest BCUT2D eigenvalue weighted by molar-refractivity contribution is -0.141. The maximum Gasteiger partial charge on any atom is 0.435 e. The minimum atomic E-state index is -4.82. The number of ether oxygens (including phenoxy) is 1. The zero-order valence-corrected chi connectivity index (χ0v) is 18.4. The summed E-state index contributed by atoms with van der Waals surface area (Å²) >= 11 is 0. The first-order valence-corrected chi connectivity index (χ1v) is 10.0. The van der Waals surface area contributed by atoms with Gasteiger partial charge in [-0.1, -0.05) is 6.92 Å². The molecule has 0 bridgehead atoms. The van der Waals surface area contributed by atoms with Crippen LogP contribution in [0.5, 0.6) is 5.75 Å². The number of carbonyl (C=O) groups excluding carboxylic acids is 1. The Morgan fingerprint density at radius 2 is 2.09 bits per heavy atom. The van der Waals surface area contributed by atoms with Gasteiger partial charge in [0, 0.05) is 51.1 Å². The number of rotatable bonds is 7. The molecule has 0 aliphatic carbocycles. The van der Waals surface area contributed by atoms with Gasteiger partial charge in [-0.15, -0.1) is 0 Å². The van der Waals surface area contributed by atoms with Gasteiger partial charge in [-0.2, -0.15) is 23.4 Å². The van der Waals surface area contributed by atoms with Gasteiger partial charge in [0.25, 0.3) is 5.91 Å². The van der Waals surface area contributed by atoms with E-state index in [0.29, 0.717) is 6.61 Å². The minimum absolute atomic E-state index is 0.0377. The second kappa shape index (κ2) is 10.0. The fourth-order valence-electron chi connectivity index (χ4n) is 3.23. The van der Waals surface area contributed by atoms with Crippen molar-refractivity contribution in [2.24, 2.45) is 18.0 Å². The van der Waals surface area contributed by atoms with Crippen LogP contribution in [0.1, 0.15) is 29.4 Å². The number of carbonyl (C=O) groups is 1. The van der Waals surface area contributed by atoms with E-state index in [1.165, 1.54) is 32.4 Å². The average molecular weight is 482 g/mol. The molecule has 34 heavy (non-hydrogen) atoms. The standard InChI is InChI=1S/C21H22F4N6O3/c1-11(10-34-3)6-17(27-20(33)14-9-31(2)30-19(14)21(23,24)25)26-18-8-16(28-29-18)13-5-4-12(32)7-15(13)22/h4-5,7-9,11,32H,6,10H2,1-3H3,(H2,26,27,28,29,33)/t11-/m1/s1. The Hall–Kier alpha value is -3.74. The first-order chi connectivity index (χ1) is 16.0. The zero-order chi connectivity index (χ0) is 25.0. The third kappa shape index (κ3) is 5.98. The van der Waals surface area contributed by atoms with E-state index < -0.39 is 29.2 Å². The molecule has 0 saturated heterocycles. The van der Waals surface area contributed by atoms with Crippen molar-refractivity contribution in [3.05, 3.63) is 47.5 Å². The van der Waals surface area contributed by atoms with Crippen LogP contribution in [0.3, 0.4) is 0 Å². The van der Waals surface area contributed by atoms with E-state index in [4.69, 9.17) is 4.74 Å². The highest BCUT2D eigenvalue weighted by Gasteiger charge is 2.39. The summed E-state index contributed by atoms with van der Waals surface area (Å²) in [6, 6.07) is 4.97. The number of methoxy groups -OCH3 is 1. The molecule has 0 radical (unpaired) electrons. The van der Waals surface area contributed by atoms with E-state index in [-0.39, 0.29) is 41.0 Å². The molecule has 3 rings (SSSR count). The van der Waals surface area contributed by atoms with Gasteiger partial charge in [0.05, 0.1) is 11.3 Å². The lowest BCUT2D eigenvalue weighted by atomic mass is 10.1. The van der Waals surface area contributed by atoms with Crippen molar-refractivity contribution in [2.45, 2.75) is 19.5 Å². The van der Waals surface area contributed by atoms with Crippen LogP contribution in [0.2, 0.25) is 0 Å². The number of aliphatic imine (C=N–C) groups is 1. The largest absolute Gasteiger partial charge is 0.508 e. The number of phenols is 1. The summed E-state index contributed by atoms with van der Waals surface area (Å²) in [5, 5.41) is 21.7. The Morgan fingerprint density at radius 1 is 1.35 bits per heavy atom. The lowest BCUT2D eigenvalue weighted by Gasteiger charge is -2.13. The summed E-state index contributed by atoms with van der Waals surface area (Å²) in [6.07, 6.45) is -3.70. The number of halogens is 4. The predicted octanol–water partition coefficient (Wildman–Crippen LogP) is 3.81. The first kappa shape index (κ1) is 24.9. The van der Waals surface area contributed by atoms with Crippen molar-refractivity contribution in [1.82, 2.24) is 25.3 Å². The maximum absolute atomic E-state index is 14.1. The van der Waals surface area contributed by atoms with Crippen LogP contribution >= 0.6 is 0 Å². The van der Waals surface area contributed by atoms with Crippen molar-refractivity contribution >= 4 is 17.6 Å². The molecule has 0 fully saturated rings. The van der Waals surface area contributed by atoms with Gasteiger partial charge >= 0.3 is 6.18 Å². The number of nitrogens with one attached hydrogen (secondary N) is 2. The third-order valence-corrected chi connectivity index (χ3v) is 4.65. The number of H-pyrrole nitrogens is 1. The predicted molar refractivity (Wildman–Crippen MR) is 114 cm³/mol. The Bertz CT molecular complexity index is 1200. The summed E-state index contributed by atoms with van der Waals surface area (Å²) in [5.74, 6) is -2.03. The molecular formula is C21H22F4N6O3. The number of nitrogens with zero attached hydrogens (tertiary/aromatic N) is 4. The summed E-state index contributed by atoms with van der Waals surface area (Å²) in [4.78, 5) is 16.9. The Balaban J connectivity index is 1.91. The SMILES string of the molecule is COC[C@H](C)CC(=Nc1cc(-c2ccc(O)cc2F)[nH]n1)NC(=O)c1cn(C)nc1C(F)(F)F. The molecule has 0 saturated carbocycles. The van der Waals surface area contributed by atoms with E-state index >= 15 is 0 Å². The summed E-state index contributed by atoms with van der Waals surface area (Å²) in [5.41, 5.74) is -1.61. The normalized spacial score (nSPS) is 13.2. The first-order valence-electron chi connectivity index (χ1n) is 10.0. The van der Waals surface area contributed by atoms with Crippen molar-refractivity contribution in [3.63, 3.8) is 0 Å². The number of amides is 1. The van der Waals surface area contributed by atoms with Crippen LogP contribution in [0, 0.1) is 11.7 Å². The molecule has 0 spiro atoms. The maximum atomic E-state index is 14.1. The van der Waals surface area contributed by atoms with Crippen LogP contribution in [0.4, 0.5) is 23.4 Å². The van der Waals surface area contributed by atoms with Gasteiger partial charge in [-0.3, -0.25) is 14.6 Å². The van der Waals surface area contributed by atoms with Crippen molar-refractivity contribution < 1.29 is 32.2 Å². The molecule has 3 aromatic rings. The molecule has 0 aliphatic heterocycles. The number of phenolic OH excluding ortho intramolecular Hbond substituents is 1. The quantitative estimate of drug-likeness (QED) is 0.269. The fourth-order valence-corrected chi connectivity index (χ4v) is 3.23. The molecule has 2 heterocycles. The van der Waals surface area contributed by atoms with Gasteiger partial charge < -0.3 is 15.2 Å². The summed E-state index contributed by atoms with van der Waals surface area (Å²) < 4.78 is 60.0. The second-order valence-corrected chi connectivity index (χ2v) is 7.64. The van der Waals surface area contributed by atoms with Crippen molar-refractivity contribution in [3.8, 4) is 17.0 Å². The molecule has 13 heteroatoms. The summed E-state index contributed by atoms with van der Waals surface area (Å²) in [7, 11) is 2.76. The van der Waals surface area contributed by atoms with Crippen LogP contribution in [0.25, 0.3) is 11.3 Å². The second-order valence-electron chi connectivity index (χ2n) is 7.64.